The van der Waals surface area contributed by atoms with Crippen LogP contribution < -0.4 is 10.1 Å². The van der Waals surface area contributed by atoms with Gasteiger partial charge in [0.05, 0.1) is 19.1 Å². The molecule has 2 aromatic rings. The third-order valence-electron chi connectivity index (χ3n) is 4.47. The van der Waals surface area contributed by atoms with Crippen molar-refractivity contribution in [3.05, 3.63) is 65.7 Å². The van der Waals surface area contributed by atoms with Crippen molar-refractivity contribution in [3.63, 3.8) is 0 Å². The van der Waals surface area contributed by atoms with Crippen LogP contribution in [0.15, 0.2) is 59.8 Å². The fourth-order valence-corrected chi connectivity index (χ4v) is 2.92. The number of nitrogens with zero attached hydrogens (tertiary/aromatic N) is 1. The second-order valence-corrected chi connectivity index (χ2v) is 6.17. The number of carbonyl (C=O) groups excluding carboxylic acids is 1. The van der Waals surface area contributed by atoms with Crippen LogP contribution in [0, 0.1) is 5.92 Å². The normalized spacial score (nSPS) is 20.4. The minimum atomic E-state index is -0.265. The van der Waals surface area contributed by atoms with Gasteiger partial charge in [0.25, 0.3) is 5.91 Å². The van der Waals surface area contributed by atoms with Gasteiger partial charge in [-0.2, -0.15) is 0 Å². The molecule has 5 heteroatoms. The number of nitrogens with one attached hydrogen (secondary N) is 1. The average Bonchev–Trinajstić information content (AvgIpc) is 3.04. The highest BCUT2D eigenvalue weighted by atomic mass is 16.6. The van der Waals surface area contributed by atoms with Gasteiger partial charge in [0, 0.05) is 0 Å². The SMILES string of the molecule is COc1ccc([C@@H]2ON=C(C(=O)N[C@H](C)c3ccccc3)[C@H]2C)cc1. The summed E-state index contributed by atoms with van der Waals surface area (Å²) in [5.41, 5.74) is 2.44. The van der Waals surface area contributed by atoms with Crippen LogP contribution in [-0.4, -0.2) is 18.7 Å². The van der Waals surface area contributed by atoms with Crippen LogP contribution in [-0.2, 0) is 9.63 Å². The van der Waals surface area contributed by atoms with Crippen molar-refractivity contribution >= 4 is 11.6 Å². The number of hydrogen-bond donors (Lipinski definition) is 1. The molecule has 0 fully saturated rings. The molecule has 25 heavy (non-hydrogen) atoms. The van der Waals surface area contributed by atoms with Gasteiger partial charge in [-0.1, -0.05) is 54.5 Å². The van der Waals surface area contributed by atoms with Gasteiger partial charge in [0.1, 0.15) is 5.75 Å². The van der Waals surface area contributed by atoms with Crippen LogP contribution in [0.2, 0.25) is 0 Å². The van der Waals surface area contributed by atoms with Gasteiger partial charge < -0.3 is 14.9 Å². The Morgan fingerprint density at radius 3 is 2.48 bits per heavy atom. The van der Waals surface area contributed by atoms with E-state index in [4.69, 9.17) is 9.57 Å². The Morgan fingerprint density at radius 2 is 1.84 bits per heavy atom. The monoisotopic (exact) mass is 338 g/mol. The van der Waals surface area contributed by atoms with E-state index in [-0.39, 0.29) is 24.0 Å². The van der Waals surface area contributed by atoms with Gasteiger partial charge in [-0.15, -0.1) is 0 Å². The quantitative estimate of drug-likeness (QED) is 0.905. The summed E-state index contributed by atoms with van der Waals surface area (Å²) in [6.07, 6.45) is -0.265. The summed E-state index contributed by atoms with van der Waals surface area (Å²) >= 11 is 0. The first kappa shape index (κ1) is 17.0. The van der Waals surface area contributed by atoms with E-state index in [1.165, 1.54) is 0 Å². The second-order valence-electron chi connectivity index (χ2n) is 6.17. The van der Waals surface area contributed by atoms with Crippen molar-refractivity contribution in [1.82, 2.24) is 5.32 Å². The average molecular weight is 338 g/mol. The highest BCUT2D eigenvalue weighted by molar-refractivity contribution is 6.40. The van der Waals surface area contributed by atoms with Crippen molar-refractivity contribution in [3.8, 4) is 5.75 Å². The summed E-state index contributed by atoms with van der Waals surface area (Å²) in [7, 11) is 1.63. The molecule has 1 aliphatic rings. The van der Waals surface area contributed by atoms with Crippen molar-refractivity contribution in [2.45, 2.75) is 26.0 Å². The van der Waals surface area contributed by atoms with E-state index >= 15 is 0 Å². The molecule has 1 heterocycles. The van der Waals surface area contributed by atoms with E-state index < -0.39 is 0 Å². The molecule has 5 nitrogen and oxygen atoms in total. The zero-order chi connectivity index (χ0) is 17.8. The number of carbonyl (C=O) groups is 1. The maximum atomic E-state index is 12.6. The van der Waals surface area contributed by atoms with Crippen LogP contribution >= 0.6 is 0 Å². The smallest absolute Gasteiger partial charge is 0.269 e. The van der Waals surface area contributed by atoms with E-state index in [2.05, 4.69) is 10.5 Å². The minimum absolute atomic E-state index is 0.0939. The van der Waals surface area contributed by atoms with E-state index in [0.29, 0.717) is 5.71 Å². The molecule has 0 saturated carbocycles. The molecule has 0 spiro atoms. The maximum absolute atomic E-state index is 12.6. The molecular formula is C20H22N2O3. The number of oxime groups is 1. The molecule has 2 aromatic carbocycles. The van der Waals surface area contributed by atoms with E-state index in [1.54, 1.807) is 7.11 Å². The molecule has 3 atom stereocenters. The molecule has 1 N–H and O–H groups in total. The lowest BCUT2D eigenvalue weighted by Crippen LogP contribution is -2.35. The number of benzene rings is 2. The first-order chi connectivity index (χ1) is 12.1. The Kier molecular flexibility index (Phi) is 5.03. The Bertz CT molecular complexity index is 756. The van der Waals surface area contributed by atoms with Gasteiger partial charge in [0.2, 0.25) is 0 Å². The molecule has 0 bridgehead atoms. The van der Waals surface area contributed by atoms with Crippen molar-refractivity contribution in [2.75, 3.05) is 7.11 Å². The second kappa shape index (κ2) is 7.38. The summed E-state index contributed by atoms with van der Waals surface area (Å²) in [4.78, 5) is 18.1. The first-order valence-corrected chi connectivity index (χ1v) is 8.33. The van der Waals surface area contributed by atoms with Gasteiger partial charge in [-0.3, -0.25) is 4.79 Å². The molecule has 1 aliphatic heterocycles. The number of hydrogen-bond acceptors (Lipinski definition) is 4. The van der Waals surface area contributed by atoms with Crippen LogP contribution in [0.1, 0.15) is 37.1 Å². The largest absolute Gasteiger partial charge is 0.497 e. The molecule has 130 valence electrons. The number of ether oxygens (including phenoxy) is 1. The maximum Gasteiger partial charge on any atom is 0.269 e. The summed E-state index contributed by atoms with van der Waals surface area (Å²) in [5.74, 6) is 0.459. The minimum Gasteiger partial charge on any atom is -0.497 e. The van der Waals surface area contributed by atoms with Gasteiger partial charge in [-0.05, 0) is 30.2 Å². The molecule has 0 saturated heterocycles. The Balaban J connectivity index is 1.66. The van der Waals surface area contributed by atoms with Crippen LogP contribution in [0.5, 0.6) is 5.75 Å². The Labute approximate surface area is 147 Å². The van der Waals surface area contributed by atoms with Crippen molar-refractivity contribution in [2.24, 2.45) is 11.1 Å². The zero-order valence-electron chi connectivity index (χ0n) is 14.6. The molecule has 0 unspecified atom stereocenters. The molecular weight excluding hydrogens is 316 g/mol. The lowest BCUT2D eigenvalue weighted by molar-refractivity contribution is -0.115. The summed E-state index contributed by atoms with van der Waals surface area (Å²) in [5, 5.41) is 7.03. The van der Waals surface area contributed by atoms with Crippen molar-refractivity contribution < 1.29 is 14.4 Å². The summed E-state index contributed by atoms with van der Waals surface area (Å²) in [6, 6.07) is 17.4. The third-order valence-corrected chi connectivity index (χ3v) is 4.47. The number of rotatable bonds is 5. The Hall–Kier alpha value is -2.82. The van der Waals surface area contributed by atoms with Crippen LogP contribution in [0.25, 0.3) is 0 Å². The number of amides is 1. The topological polar surface area (TPSA) is 59.9 Å². The van der Waals surface area contributed by atoms with Crippen LogP contribution in [0.3, 0.4) is 0 Å². The van der Waals surface area contributed by atoms with Crippen LogP contribution in [0.4, 0.5) is 0 Å². The predicted molar refractivity (Wildman–Crippen MR) is 96.4 cm³/mol. The number of methoxy groups -OCH3 is 1. The van der Waals surface area contributed by atoms with Gasteiger partial charge >= 0.3 is 0 Å². The molecule has 3 rings (SSSR count). The molecule has 0 aromatic heterocycles. The molecule has 1 amide bonds. The van der Waals surface area contributed by atoms with Crippen molar-refractivity contribution in [1.29, 1.82) is 0 Å². The lowest BCUT2D eigenvalue weighted by atomic mass is 9.93. The van der Waals surface area contributed by atoms with E-state index in [9.17, 15) is 4.79 Å². The standard InChI is InChI=1S/C20H22N2O3/c1-13-18(20(23)21-14(2)15-7-5-4-6-8-15)22-25-19(13)16-9-11-17(24-3)12-10-16/h4-14,19H,1-3H3,(H,21,23)/t13-,14-,19-/m1/s1. The van der Waals surface area contributed by atoms with E-state index in [0.717, 1.165) is 16.9 Å². The molecule has 0 aliphatic carbocycles. The highest BCUT2D eigenvalue weighted by Gasteiger charge is 2.36. The van der Waals surface area contributed by atoms with Gasteiger partial charge in [-0.25, -0.2) is 0 Å². The fraction of sp³-hybridized carbons (Fsp3) is 0.300. The summed E-state index contributed by atoms with van der Waals surface area (Å²) in [6.45, 7) is 3.91. The van der Waals surface area contributed by atoms with Gasteiger partial charge in [0.15, 0.2) is 11.8 Å². The third kappa shape index (κ3) is 3.65. The lowest BCUT2D eigenvalue weighted by Gasteiger charge is -2.17. The fourth-order valence-electron chi connectivity index (χ4n) is 2.92. The first-order valence-electron chi connectivity index (χ1n) is 8.33. The van der Waals surface area contributed by atoms with E-state index in [1.807, 2.05) is 68.4 Å². The predicted octanol–water partition coefficient (Wildman–Crippen LogP) is 3.64. The Morgan fingerprint density at radius 1 is 1.16 bits per heavy atom. The molecule has 0 radical (unpaired) electrons. The summed E-state index contributed by atoms with van der Waals surface area (Å²) < 4.78 is 5.17. The zero-order valence-corrected chi connectivity index (χ0v) is 14.6. The highest BCUT2D eigenvalue weighted by Crippen LogP contribution is 2.33.